The lowest BCUT2D eigenvalue weighted by Gasteiger charge is -2.09. The molecule has 0 aliphatic carbocycles. The normalized spacial score (nSPS) is 10.1. The number of nitriles is 1. The molecule has 1 N–H and O–H groups in total. The number of hydrogen-bond donors (Lipinski definition) is 1. The highest BCUT2D eigenvalue weighted by Crippen LogP contribution is 2.24. The van der Waals surface area contributed by atoms with Gasteiger partial charge in [-0.25, -0.2) is 13.2 Å². The number of anilines is 2. The Hall–Kier alpha value is -2.48. The first kappa shape index (κ1) is 13.0. The molecule has 2 aromatic carbocycles. The van der Waals surface area contributed by atoms with E-state index in [0.29, 0.717) is 0 Å². The molecule has 0 aromatic heterocycles. The summed E-state index contributed by atoms with van der Waals surface area (Å²) in [6.45, 7) is 1.45. The summed E-state index contributed by atoms with van der Waals surface area (Å²) >= 11 is 0. The summed E-state index contributed by atoms with van der Waals surface area (Å²) in [6.07, 6.45) is 0. The van der Waals surface area contributed by atoms with E-state index in [-0.39, 0.29) is 22.5 Å². The fraction of sp³-hybridized carbons (Fsp3) is 0.0714. The molecule has 5 heteroatoms. The molecule has 0 spiro atoms. The zero-order chi connectivity index (χ0) is 14.0. The summed E-state index contributed by atoms with van der Waals surface area (Å²) in [5.41, 5.74) is 0.223. The Balaban J connectivity index is 2.34. The van der Waals surface area contributed by atoms with E-state index in [9.17, 15) is 13.2 Å². The van der Waals surface area contributed by atoms with E-state index in [0.717, 1.165) is 18.2 Å². The van der Waals surface area contributed by atoms with Gasteiger partial charge in [-0.2, -0.15) is 5.26 Å². The van der Waals surface area contributed by atoms with E-state index in [1.807, 2.05) is 0 Å². The van der Waals surface area contributed by atoms with Crippen molar-refractivity contribution in [2.45, 2.75) is 6.92 Å². The lowest BCUT2D eigenvalue weighted by Crippen LogP contribution is -1.97. The van der Waals surface area contributed by atoms with Gasteiger partial charge in [0.1, 0.15) is 23.5 Å². The maximum absolute atomic E-state index is 13.6. The van der Waals surface area contributed by atoms with Crippen molar-refractivity contribution in [3.05, 3.63) is 58.9 Å². The minimum atomic E-state index is -0.722. The number of nitrogens with zero attached hydrogens (tertiary/aromatic N) is 1. The lowest BCUT2D eigenvalue weighted by atomic mass is 10.1. The second kappa shape index (κ2) is 5.02. The molecule has 0 aliphatic rings. The molecule has 19 heavy (non-hydrogen) atoms. The average molecular weight is 262 g/mol. The van der Waals surface area contributed by atoms with Crippen molar-refractivity contribution in [2.75, 3.05) is 5.32 Å². The molecule has 0 fully saturated rings. The van der Waals surface area contributed by atoms with Crippen molar-refractivity contribution in [3.8, 4) is 6.07 Å². The van der Waals surface area contributed by atoms with Gasteiger partial charge in [-0.1, -0.05) is 0 Å². The van der Waals surface area contributed by atoms with Gasteiger partial charge < -0.3 is 5.32 Å². The summed E-state index contributed by atoms with van der Waals surface area (Å²) < 4.78 is 40.3. The molecule has 2 rings (SSSR count). The van der Waals surface area contributed by atoms with Crippen LogP contribution in [0, 0.1) is 35.7 Å². The Labute approximate surface area is 108 Å². The van der Waals surface area contributed by atoms with Crippen LogP contribution < -0.4 is 5.32 Å². The van der Waals surface area contributed by atoms with Crippen LogP contribution in [0.1, 0.15) is 11.1 Å². The monoisotopic (exact) mass is 262 g/mol. The number of hydrogen-bond acceptors (Lipinski definition) is 2. The van der Waals surface area contributed by atoms with Crippen LogP contribution in [0.2, 0.25) is 0 Å². The second-order valence-electron chi connectivity index (χ2n) is 4.01. The molecule has 0 aliphatic heterocycles. The number of halogens is 3. The molecule has 0 unspecified atom stereocenters. The van der Waals surface area contributed by atoms with E-state index >= 15 is 0 Å². The highest BCUT2D eigenvalue weighted by atomic mass is 19.1. The maximum atomic E-state index is 13.6. The molecule has 2 nitrogen and oxygen atoms in total. The van der Waals surface area contributed by atoms with Crippen molar-refractivity contribution in [3.63, 3.8) is 0 Å². The SMILES string of the molecule is Cc1cc(F)c(Nc2ccc(C#N)c(F)c2)cc1F. The lowest BCUT2D eigenvalue weighted by molar-refractivity contribution is 0.595. The van der Waals surface area contributed by atoms with Gasteiger partial charge in [0.05, 0.1) is 11.3 Å². The van der Waals surface area contributed by atoms with Gasteiger partial charge in [-0.05, 0) is 36.8 Å². The minimum absolute atomic E-state index is 0.0905. The van der Waals surface area contributed by atoms with Crippen LogP contribution >= 0.6 is 0 Å². The van der Waals surface area contributed by atoms with Crippen LogP contribution in [0.3, 0.4) is 0 Å². The van der Waals surface area contributed by atoms with Crippen LogP contribution in [0.15, 0.2) is 30.3 Å². The maximum Gasteiger partial charge on any atom is 0.147 e. The molecule has 0 saturated carbocycles. The predicted octanol–water partition coefficient (Wildman–Crippen LogP) is 4.03. The Bertz CT molecular complexity index is 675. The molecule has 0 bridgehead atoms. The van der Waals surface area contributed by atoms with E-state index in [1.165, 1.54) is 19.1 Å². The topological polar surface area (TPSA) is 35.8 Å². The first-order valence-corrected chi connectivity index (χ1v) is 5.43. The number of nitrogens with one attached hydrogen (secondary N) is 1. The fourth-order valence-electron chi connectivity index (χ4n) is 1.58. The van der Waals surface area contributed by atoms with Gasteiger partial charge in [0, 0.05) is 11.8 Å². The molecular formula is C14H9F3N2. The van der Waals surface area contributed by atoms with E-state index < -0.39 is 17.5 Å². The number of aryl methyl sites for hydroxylation is 1. The highest BCUT2D eigenvalue weighted by Gasteiger charge is 2.09. The summed E-state index contributed by atoms with van der Waals surface area (Å²) in [5.74, 6) is -1.91. The van der Waals surface area contributed by atoms with Gasteiger partial charge in [0.2, 0.25) is 0 Å². The van der Waals surface area contributed by atoms with Gasteiger partial charge in [-0.15, -0.1) is 0 Å². The third-order valence-electron chi connectivity index (χ3n) is 2.62. The van der Waals surface area contributed by atoms with Crippen LogP contribution in [0.5, 0.6) is 0 Å². The molecule has 0 saturated heterocycles. The Morgan fingerprint density at radius 1 is 1.00 bits per heavy atom. The Morgan fingerprint density at radius 3 is 2.37 bits per heavy atom. The fourth-order valence-corrected chi connectivity index (χ4v) is 1.58. The van der Waals surface area contributed by atoms with Gasteiger partial charge >= 0.3 is 0 Å². The van der Waals surface area contributed by atoms with E-state index in [4.69, 9.17) is 5.26 Å². The van der Waals surface area contributed by atoms with Crippen molar-refractivity contribution < 1.29 is 13.2 Å². The molecule has 96 valence electrons. The molecule has 0 radical (unpaired) electrons. The predicted molar refractivity (Wildman–Crippen MR) is 65.5 cm³/mol. The first-order chi connectivity index (χ1) is 9.01. The van der Waals surface area contributed by atoms with Crippen LogP contribution in [0.4, 0.5) is 24.5 Å². The summed E-state index contributed by atoms with van der Waals surface area (Å²) in [4.78, 5) is 0. The van der Waals surface area contributed by atoms with Gasteiger partial charge in [0.15, 0.2) is 0 Å². The molecular weight excluding hydrogens is 253 g/mol. The Morgan fingerprint density at radius 2 is 1.74 bits per heavy atom. The minimum Gasteiger partial charge on any atom is -0.353 e. The first-order valence-electron chi connectivity index (χ1n) is 5.43. The smallest absolute Gasteiger partial charge is 0.147 e. The van der Waals surface area contributed by atoms with Crippen LogP contribution in [0.25, 0.3) is 0 Å². The van der Waals surface area contributed by atoms with Crippen LogP contribution in [-0.2, 0) is 0 Å². The average Bonchev–Trinajstić information content (AvgIpc) is 2.36. The quantitative estimate of drug-likeness (QED) is 0.887. The third kappa shape index (κ3) is 2.68. The number of benzene rings is 2. The van der Waals surface area contributed by atoms with Crippen molar-refractivity contribution in [1.82, 2.24) is 0 Å². The van der Waals surface area contributed by atoms with Gasteiger partial charge in [-0.3, -0.25) is 0 Å². The third-order valence-corrected chi connectivity index (χ3v) is 2.62. The highest BCUT2D eigenvalue weighted by molar-refractivity contribution is 5.61. The molecule has 0 heterocycles. The summed E-state index contributed by atoms with van der Waals surface area (Å²) in [7, 11) is 0. The molecule has 0 amide bonds. The zero-order valence-corrected chi connectivity index (χ0v) is 9.97. The summed E-state index contributed by atoms with van der Waals surface area (Å²) in [6, 6.07) is 7.46. The van der Waals surface area contributed by atoms with E-state index in [1.54, 1.807) is 6.07 Å². The number of rotatable bonds is 2. The molecule has 2 aromatic rings. The van der Waals surface area contributed by atoms with Gasteiger partial charge in [0.25, 0.3) is 0 Å². The Kier molecular flexibility index (Phi) is 3.43. The van der Waals surface area contributed by atoms with Crippen molar-refractivity contribution in [1.29, 1.82) is 5.26 Å². The molecule has 0 atom stereocenters. The van der Waals surface area contributed by atoms with Crippen molar-refractivity contribution >= 4 is 11.4 Å². The standard InChI is InChI=1S/C14H9F3N2/c1-8-4-13(17)14(6-11(8)15)19-10-3-2-9(7-18)12(16)5-10/h2-6,19H,1H3. The second-order valence-corrected chi connectivity index (χ2v) is 4.01. The largest absolute Gasteiger partial charge is 0.353 e. The van der Waals surface area contributed by atoms with Crippen LogP contribution in [-0.4, -0.2) is 0 Å². The van der Waals surface area contributed by atoms with E-state index in [2.05, 4.69) is 5.32 Å². The zero-order valence-electron chi connectivity index (χ0n) is 9.97. The summed E-state index contributed by atoms with van der Waals surface area (Å²) in [5, 5.41) is 11.2. The van der Waals surface area contributed by atoms with Crippen molar-refractivity contribution in [2.24, 2.45) is 0 Å².